The first-order chi connectivity index (χ1) is 8.81. The van der Waals surface area contributed by atoms with Crippen LogP contribution in [-0.4, -0.2) is 17.1 Å². The predicted molar refractivity (Wildman–Crippen MR) is 71.8 cm³/mol. The van der Waals surface area contributed by atoms with Gasteiger partial charge < -0.3 is 5.32 Å². The Bertz CT molecular complexity index is 598. The third-order valence-corrected chi connectivity index (χ3v) is 3.89. The van der Waals surface area contributed by atoms with Gasteiger partial charge in [0.05, 0.1) is 11.6 Å². The lowest BCUT2D eigenvalue weighted by Gasteiger charge is -2.11. The van der Waals surface area contributed by atoms with Crippen LogP contribution in [0.15, 0.2) is 47.6 Å². The molecule has 0 bridgehead atoms. The molecule has 1 amide bonds. The number of hydrogen-bond donors (Lipinski definition) is 1. The number of pyridine rings is 1. The summed E-state index contributed by atoms with van der Waals surface area (Å²) in [7, 11) is 0. The topological polar surface area (TPSA) is 42.0 Å². The summed E-state index contributed by atoms with van der Waals surface area (Å²) in [6.45, 7) is 0. The van der Waals surface area contributed by atoms with Crippen LogP contribution in [0, 0.1) is 0 Å². The van der Waals surface area contributed by atoms with Crippen molar-refractivity contribution < 1.29 is 4.79 Å². The van der Waals surface area contributed by atoms with Gasteiger partial charge >= 0.3 is 0 Å². The van der Waals surface area contributed by atoms with E-state index < -0.39 is 0 Å². The molecule has 0 saturated heterocycles. The molecule has 0 aliphatic carbocycles. The van der Waals surface area contributed by atoms with Crippen LogP contribution < -0.4 is 5.32 Å². The van der Waals surface area contributed by atoms with Gasteiger partial charge in [-0.3, -0.25) is 9.78 Å². The maximum Gasteiger partial charge on any atom is 0.253 e. The summed E-state index contributed by atoms with van der Waals surface area (Å²) in [5.41, 5.74) is 2.86. The van der Waals surface area contributed by atoms with Crippen molar-refractivity contribution in [2.24, 2.45) is 0 Å². The van der Waals surface area contributed by atoms with E-state index in [2.05, 4.69) is 10.3 Å². The highest BCUT2D eigenvalue weighted by Crippen LogP contribution is 2.35. The lowest BCUT2D eigenvalue weighted by molar-refractivity contribution is 0.0958. The fourth-order valence-electron chi connectivity index (χ4n) is 2.29. The number of fused-ring (bicyclic) bond motifs is 1. The second-order valence-corrected chi connectivity index (χ2v) is 4.97. The summed E-state index contributed by atoms with van der Waals surface area (Å²) >= 11 is 1.60. The van der Waals surface area contributed by atoms with E-state index in [1.165, 1.54) is 0 Å². The van der Waals surface area contributed by atoms with Crippen molar-refractivity contribution in [2.45, 2.75) is 10.9 Å². The highest BCUT2D eigenvalue weighted by Gasteiger charge is 2.31. The Labute approximate surface area is 110 Å². The summed E-state index contributed by atoms with van der Waals surface area (Å²) in [5.74, 6) is 0.00352. The van der Waals surface area contributed by atoms with Crippen LogP contribution in [0.3, 0.4) is 0 Å². The van der Waals surface area contributed by atoms with E-state index >= 15 is 0 Å². The Morgan fingerprint density at radius 2 is 2.17 bits per heavy atom. The molecule has 0 spiro atoms. The molecule has 1 aliphatic heterocycles. The van der Waals surface area contributed by atoms with Crippen molar-refractivity contribution in [1.82, 2.24) is 10.3 Å². The van der Waals surface area contributed by atoms with Gasteiger partial charge in [-0.05, 0) is 29.5 Å². The van der Waals surface area contributed by atoms with Gasteiger partial charge in [0.25, 0.3) is 5.91 Å². The molecule has 3 rings (SSSR count). The lowest BCUT2D eigenvalue weighted by Crippen LogP contribution is -2.20. The first-order valence-electron chi connectivity index (χ1n) is 5.69. The number of thioether (sulfide) groups is 1. The SMILES string of the molecule is CSc1cccc2c1C(=O)NC2c1cccnc1. The molecule has 2 aromatic rings. The molecule has 3 nitrogen and oxygen atoms in total. The van der Waals surface area contributed by atoms with Crippen molar-refractivity contribution in [3.8, 4) is 0 Å². The minimum Gasteiger partial charge on any atom is -0.341 e. The van der Waals surface area contributed by atoms with Crippen LogP contribution in [-0.2, 0) is 0 Å². The monoisotopic (exact) mass is 256 g/mol. The van der Waals surface area contributed by atoms with E-state index in [-0.39, 0.29) is 11.9 Å². The molecular formula is C14H12N2OS. The van der Waals surface area contributed by atoms with Crippen LogP contribution in [0.4, 0.5) is 0 Å². The third-order valence-electron chi connectivity index (χ3n) is 3.11. The van der Waals surface area contributed by atoms with Gasteiger partial charge in [-0.15, -0.1) is 11.8 Å². The molecule has 1 aromatic carbocycles. The largest absolute Gasteiger partial charge is 0.341 e. The lowest BCUT2D eigenvalue weighted by atomic mass is 10.00. The highest BCUT2D eigenvalue weighted by molar-refractivity contribution is 7.98. The first-order valence-corrected chi connectivity index (χ1v) is 6.91. The summed E-state index contributed by atoms with van der Waals surface area (Å²) < 4.78 is 0. The zero-order chi connectivity index (χ0) is 12.5. The number of rotatable bonds is 2. The number of carbonyl (C=O) groups excluding carboxylic acids is 1. The van der Waals surface area contributed by atoms with Crippen molar-refractivity contribution in [2.75, 3.05) is 6.26 Å². The molecular weight excluding hydrogens is 244 g/mol. The Morgan fingerprint density at radius 1 is 1.28 bits per heavy atom. The van der Waals surface area contributed by atoms with E-state index in [9.17, 15) is 4.79 Å². The quantitative estimate of drug-likeness (QED) is 0.840. The van der Waals surface area contributed by atoms with E-state index in [0.717, 1.165) is 21.6 Å². The fraction of sp³-hybridized carbons (Fsp3) is 0.143. The number of aromatic nitrogens is 1. The van der Waals surface area contributed by atoms with Gasteiger partial charge in [0.2, 0.25) is 0 Å². The molecule has 0 fully saturated rings. The van der Waals surface area contributed by atoms with Crippen LogP contribution >= 0.6 is 11.8 Å². The zero-order valence-corrected chi connectivity index (χ0v) is 10.7. The summed E-state index contributed by atoms with van der Waals surface area (Å²) in [5, 5.41) is 3.02. The minimum absolute atomic E-state index is 0.00352. The summed E-state index contributed by atoms with van der Waals surface area (Å²) in [6.07, 6.45) is 5.52. The molecule has 90 valence electrons. The average molecular weight is 256 g/mol. The van der Waals surface area contributed by atoms with Crippen molar-refractivity contribution >= 4 is 17.7 Å². The van der Waals surface area contributed by atoms with Crippen LogP contribution in [0.2, 0.25) is 0 Å². The molecule has 1 aromatic heterocycles. The number of amides is 1. The molecule has 1 N–H and O–H groups in total. The van der Waals surface area contributed by atoms with E-state index in [1.807, 2.05) is 36.6 Å². The standard InChI is InChI=1S/C14H12N2OS/c1-18-11-6-2-5-10-12(11)14(17)16-13(10)9-4-3-7-15-8-9/h2-8,13H,1H3,(H,16,17). The number of carbonyl (C=O) groups is 1. The number of hydrogen-bond acceptors (Lipinski definition) is 3. The highest BCUT2D eigenvalue weighted by atomic mass is 32.2. The van der Waals surface area contributed by atoms with Gasteiger partial charge in [0.15, 0.2) is 0 Å². The molecule has 18 heavy (non-hydrogen) atoms. The molecule has 1 aliphatic rings. The number of nitrogens with one attached hydrogen (secondary N) is 1. The molecule has 2 heterocycles. The Morgan fingerprint density at radius 3 is 2.89 bits per heavy atom. The average Bonchev–Trinajstić information content (AvgIpc) is 2.77. The first kappa shape index (κ1) is 11.3. The van der Waals surface area contributed by atoms with Gasteiger partial charge in [-0.25, -0.2) is 0 Å². The second kappa shape index (κ2) is 4.46. The molecule has 4 heteroatoms. The van der Waals surface area contributed by atoms with E-state index in [0.29, 0.717) is 0 Å². The molecule has 1 unspecified atom stereocenters. The minimum atomic E-state index is -0.0756. The predicted octanol–water partition coefficient (Wildman–Crippen LogP) is 2.64. The third kappa shape index (κ3) is 1.69. The van der Waals surface area contributed by atoms with E-state index in [4.69, 9.17) is 0 Å². The Kier molecular flexibility index (Phi) is 2.80. The van der Waals surface area contributed by atoms with Crippen LogP contribution in [0.5, 0.6) is 0 Å². The maximum atomic E-state index is 12.1. The molecule has 0 radical (unpaired) electrons. The van der Waals surface area contributed by atoms with E-state index in [1.54, 1.807) is 24.2 Å². The molecule has 1 atom stereocenters. The summed E-state index contributed by atoms with van der Waals surface area (Å²) in [6, 6.07) is 9.78. The zero-order valence-electron chi connectivity index (χ0n) is 9.88. The van der Waals surface area contributed by atoms with Gasteiger partial charge in [0.1, 0.15) is 0 Å². The summed E-state index contributed by atoms with van der Waals surface area (Å²) in [4.78, 5) is 17.2. The molecule has 0 saturated carbocycles. The smallest absolute Gasteiger partial charge is 0.253 e. The second-order valence-electron chi connectivity index (χ2n) is 4.12. The van der Waals surface area contributed by atoms with Crippen LogP contribution in [0.25, 0.3) is 0 Å². The van der Waals surface area contributed by atoms with Gasteiger partial charge in [-0.1, -0.05) is 18.2 Å². The van der Waals surface area contributed by atoms with Gasteiger partial charge in [-0.2, -0.15) is 0 Å². The van der Waals surface area contributed by atoms with Crippen LogP contribution in [0.1, 0.15) is 27.5 Å². The van der Waals surface area contributed by atoms with Crippen molar-refractivity contribution in [3.05, 3.63) is 59.4 Å². The number of benzene rings is 1. The Hall–Kier alpha value is -1.81. The number of nitrogens with zero attached hydrogens (tertiary/aromatic N) is 1. The van der Waals surface area contributed by atoms with Crippen molar-refractivity contribution in [1.29, 1.82) is 0 Å². The Balaban J connectivity index is 2.13. The van der Waals surface area contributed by atoms with Crippen molar-refractivity contribution in [3.63, 3.8) is 0 Å². The fourth-order valence-corrected chi connectivity index (χ4v) is 2.92. The maximum absolute atomic E-state index is 12.1. The van der Waals surface area contributed by atoms with Gasteiger partial charge in [0, 0.05) is 17.3 Å². The normalized spacial score (nSPS) is 17.4.